The summed E-state index contributed by atoms with van der Waals surface area (Å²) in [5.41, 5.74) is 1.32. The molecule has 1 atom stereocenters. The minimum absolute atomic E-state index is 0.164. The third kappa shape index (κ3) is 5.49. The first-order chi connectivity index (χ1) is 13.2. The van der Waals surface area contributed by atoms with Gasteiger partial charge in [-0.05, 0) is 50.2 Å². The molecule has 6 heteroatoms. The average molecular weight is 380 g/mol. The van der Waals surface area contributed by atoms with Crippen molar-refractivity contribution in [2.24, 2.45) is 21.6 Å². The van der Waals surface area contributed by atoms with E-state index in [1.165, 1.54) is 0 Å². The summed E-state index contributed by atoms with van der Waals surface area (Å²) in [5, 5.41) is 11.1. The maximum absolute atomic E-state index is 12.8. The Labute approximate surface area is 166 Å². The molecule has 2 aromatic rings. The lowest BCUT2D eigenvalue weighted by Crippen LogP contribution is -2.41. The fraction of sp³-hybridized carbons (Fsp3) is 0.364. The second-order valence-corrected chi connectivity index (χ2v) is 7.55. The molecule has 28 heavy (non-hydrogen) atoms. The number of benzene rings is 2. The van der Waals surface area contributed by atoms with Gasteiger partial charge in [0.05, 0.1) is 12.2 Å². The molecule has 6 nitrogen and oxygen atoms in total. The first-order valence-corrected chi connectivity index (χ1v) is 9.27. The summed E-state index contributed by atoms with van der Waals surface area (Å²) in [6.07, 6.45) is 0. The standard InChI is InChI=1S/C22H28N4O2/c1-16(15-23-25-18-11-13-19(14-12-18)26(4)5)20(27)22(2,3)21(28)24-17-9-7-6-8-10-17/h6-14,16H,15H2,1-5H3,(H,24,28). The van der Waals surface area contributed by atoms with Gasteiger partial charge in [0.2, 0.25) is 5.91 Å². The Balaban J connectivity index is 1.95. The smallest absolute Gasteiger partial charge is 0.237 e. The molecule has 0 spiro atoms. The van der Waals surface area contributed by atoms with E-state index in [1.807, 2.05) is 61.5 Å². The van der Waals surface area contributed by atoms with Crippen molar-refractivity contribution in [3.8, 4) is 0 Å². The zero-order valence-electron chi connectivity index (χ0n) is 17.1. The van der Waals surface area contributed by atoms with Crippen LogP contribution < -0.4 is 10.2 Å². The summed E-state index contributed by atoms with van der Waals surface area (Å²) in [6, 6.07) is 16.8. The van der Waals surface area contributed by atoms with E-state index in [2.05, 4.69) is 15.5 Å². The maximum atomic E-state index is 12.8. The van der Waals surface area contributed by atoms with Gasteiger partial charge in [0, 0.05) is 31.4 Å². The highest BCUT2D eigenvalue weighted by Gasteiger charge is 2.38. The second-order valence-electron chi connectivity index (χ2n) is 7.55. The predicted octanol–water partition coefficient (Wildman–Crippen LogP) is 4.71. The molecule has 0 aromatic heterocycles. The summed E-state index contributed by atoms with van der Waals surface area (Å²) >= 11 is 0. The zero-order chi connectivity index (χ0) is 20.7. The fourth-order valence-electron chi connectivity index (χ4n) is 2.68. The first-order valence-electron chi connectivity index (χ1n) is 9.27. The van der Waals surface area contributed by atoms with E-state index < -0.39 is 11.3 Å². The van der Waals surface area contributed by atoms with Gasteiger partial charge in [-0.1, -0.05) is 25.1 Å². The number of para-hydroxylation sites is 1. The van der Waals surface area contributed by atoms with Crippen LogP contribution in [0, 0.1) is 11.3 Å². The van der Waals surface area contributed by atoms with Gasteiger partial charge < -0.3 is 10.2 Å². The minimum Gasteiger partial charge on any atom is -0.378 e. The molecular formula is C22H28N4O2. The quantitative estimate of drug-likeness (QED) is 0.532. The van der Waals surface area contributed by atoms with E-state index >= 15 is 0 Å². The third-order valence-corrected chi connectivity index (χ3v) is 4.57. The van der Waals surface area contributed by atoms with Crippen LogP contribution in [0.25, 0.3) is 0 Å². The van der Waals surface area contributed by atoms with Gasteiger partial charge >= 0.3 is 0 Å². The molecule has 0 aliphatic heterocycles. The number of rotatable bonds is 8. The average Bonchev–Trinajstić information content (AvgIpc) is 2.68. The highest BCUT2D eigenvalue weighted by molar-refractivity contribution is 6.11. The summed E-state index contributed by atoms with van der Waals surface area (Å²) in [4.78, 5) is 27.4. The molecule has 0 fully saturated rings. The minimum atomic E-state index is -1.15. The van der Waals surface area contributed by atoms with Crippen molar-refractivity contribution in [3.05, 3.63) is 54.6 Å². The van der Waals surface area contributed by atoms with Gasteiger partial charge in [0.25, 0.3) is 0 Å². The van der Waals surface area contributed by atoms with Crippen molar-refractivity contribution in [1.29, 1.82) is 0 Å². The molecule has 0 aliphatic carbocycles. The number of ketones is 1. The molecule has 0 heterocycles. The number of Topliss-reactive ketones (excluding diaryl/α,β-unsaturated/α-hetero) is 1. The van der Waals surface area contributed by atoms with Crippen LogP contribution in [-0.4, -0.2) is 32.3 Å². The predicted molar refractivity (Wildman–Crippen MR) is 113 cm³/mol. The van der Waals surface area contributed by atoms with E-state index in [-0.39, 0.29) is 18.2 Å². The lowest BCUT2D eigenvalue weighted by atomic mass is 9.81. The molecule has 1 unspecified atom stereocenters. The Kier molecular flexibility index (Phi) is 7.04. The molecule has 0 saturated carbocycles. The number of azo groups is 1. The maximum Gasteiger partial charge on any atom is 0.237 e. The molecule has 0 bridgehead atoms. The van der Waals surface area contributed by atoms with Gasteiger partial charge in [0.1, 0.15) is 5.41 Å². The number of amides is 1. The Bertz CT molecular complexity index is 827. The number of carbonyl (C=O) groups is 2. The molecule has 148 valence electrons. The van der Waals surface area contributed by atoms with Crippen molar-refractivity contribution < 1.29 is 9.59 Å². The van der Waals surface area contributed by atoms with E-state index in [1.54, 1.807) is 32.9 Å². The number of hydrogen-bond acceptors (Lipinski definition) is 5. The van der Waals surface area contributed by atoms with Gasteiger partial charge in [0.15, 0.2) is 5.78 Å². The van der Waals surface area contributed by atoms with E-state index in [4.69, 9.17) is 0 Å². The third-order valence-electron chi connectivity index (χ3n) is 4.57. The van der Waals surface area contributed by atoms with Gasteiger partial charge in [-0.25, -0.2) is 0 Å². The van der Waals surface area contributed by atoms with Crippen LogP contribution in [0.1, 0.15) is 20.8 Å². The molecular weight excluding hydrogens is 352 g/mol. The number of hydrogen-bond donors (Lipinski definition) is 1. The van der Waals surface area contributed by atoms with E-state index in [0.717, 1.165) is 11.4 Å². The normalized spacial score (nSPS) is 12.6. The van der Waals surface area contributed by atoms with Crippen LogP contribution in [-0.2, 0) is 9.59 Å². The molecule has 0 saturated heterocycles. The van der Waals surface area contributed by atoms with E-state index in [0.29, 0.717) is 5.69 Å². The fourth-order valence-corrected chi connectivity index (χ4v) is 2.68. The van der Waals surface area contributed by atoms with Crippen molar-refractivity contribution in [1.82, 2.24) is 0 Å². The molecule has 2 aromatic carbocycles. The van der Waals surface area contributed by atoms with Crippen LogP contribution in [0.2, 0.25) is 0 Å². The van der Waals surface area contributed by atoms with Crippen LogP contribution in [0.15, 0.2) is 64.8 Å². The Morgan fingerprint density at radius 1 is 1.04 bits per heavy atom. The zero-order valence-corrected chi connectivity index (χ0v) is 17.1. The van der Waals surface area contributed by atoms with Gasteiger partial charge in [-0.15, -0.1) is 0 Å². The van der Waals surface area contributed by atoms with Crippen LogP contribution >= 0.6 is 0 Å². The summed E-state index contributed by atoms with van der Waals surface area (Å²) < 4.78 is 0. The summed E-state index contributed by atoms with van der Waals surface area (Å²) in [5.74, 6) is -0.907. The van der Waals surface area contributed by atoms with Crippen molar-refractivity contribution in [3.63, 3.8) is 0 Å². The van der Waals surface area contributed by atoms with Crippen LogP contribution in [0.3, 0.4) is 0 Å². The van der Waals surface area contributed by atoms with Gasteiger partial charge in [-0.3, -0.25) is 9.59 Å². The summed E-state index contributed by atoms with van der Waals surface area (Å²) in [6.45, 7) is 5.28. The monoisotopic (exact) mass is 380 g/mol. The Morgan fingerprint density at radius 2 is 1.64 bits per heavy atom. The SMILES string of the molecule is CC(CN=Nc1ccc(N(C)C)cc1)C(=O)C(C)(C)C(=O)Nc1ccccc1. The molecule has 0 aliphatic rings. The van der Waals surface area contributed by atoms with E-state index in [9.17, 15) is 9.59 Å². The highest BCUT2D eigenvalue weighted by Crippen LogP contribution is 2.25. The second kappa shape index (κ2) is 9.26. The lowest BCUT2D eigenvalue weighted by Gasteiger charge is -2.24. The van der Waals surface area contributed by atoms with Crippen molar-refractivity contribution >= 4 is 28.8 Å². The molecule has 2 rings (SSSR count). The highest BCUT2D eigenvalue weighted by atomic mass is 16.2. The topological polar surface area (TPSA) is 74.1 Å². The van der Waals surface area contributed by atoms with Crippen LogP contribution in [0.5, 0.6) is 0 Å². The van der Waals surface area contributed by atoms with Gasteiger partial charge in [-0.2, -0.15) is 10.2 Å². The Morgan fingerprint density at radius 3 is 2.21 bits per heavy atom. The summed E-state index contributed by atoms with van der Waals surface area (Å²) in [7, 11) is 3.94. The molecule has 0 radical (unpaired) electrons. The first kappa shape index (κ1) is 21.3. The number of carbonyl (C=O) groups excluding carboxylic acids is 2. The number of nitrogens with zero attached hydrogens (tertiary/aromatic N) is 3. The van der Waals surface area contributed by atoms with Crippen molar-refractivity contribution in [2.75, 3.05) is 30.9 Å². The van der Waals surface area contributed by atoms with Crippen molar-refractivity contribution in [2.45, 2.75) is 20.8 Å². The molecule has 1 amide bonds. The van der Waals surface area contributed by atoms with Crippen LogP contribution in [0.4, 0.5) is 17.1 Å². The lowest BCUT2D eigenvalue weighted by molar-refractivity contribution is -0.139. The molecule has 1 N–H and O–H groups in total. The number of anilines is 2. The Hall–Kier alpha value is -3.02. The largest absolute Gasteiger partial charge is 0.378 e. The number of nitrogens with one attached hydrogen (secondary N) is 1.